The van der Waals surface area contributed by atoms with Crippen molar-refractivity contribution < 1.29 is 13.9 Å². The normalized spacial score (nSPS) is 10.6. The first-order valence-corrected chi connectivity index (χ1v) is 10.5. The zero-order chi connectivity index (χ0) is 21.5. The summed E-state index contributed by atoms with van der Waals surface area (Å²) in [4.78, 5) is 12.2. The standard InChI is InChI=1S/C20H17Cl2FN4O2S/c1-2-9-27-18(11-29-15-6-3-13(21)4-7-15)25-26-20(27)30-12-19(28)24-17-8-5-14(23)10-16(17)22/h2-8,10H,1,9,11-12H2,(H,24,28). The molecule has 3 rings (SSSR count). The fourth-order valence-electron chi connectivity index (χ4n) is 2.43. The molecule has 0 saturated heterocycles. The van der Waals surface area contributed by atoms with E-state index >= 15 is 0 Å². The molecular formula is C20H17Cl2FN4O2S. The summed E-state index contributed by atoms with van der Waals surface area (Å²) in [5, 5.41) is 12.2. The fraction of sp³-hybridized carbons (Fsp3) is 0.150. The SMILES string of the molecule is C=CCn1c(COc2ccc(Cl)cc2)nnc1SCC(=O)Nc1ccc(F)cc1Cl. The quantitative estimate of drug-likeness (QED) is 0.345. The number of aromatic nitrogens is 3. The van der Waals surface area contributed by atoms with Crippen molar-refractivity contribution in [3.05, 3.63) is 76.8 Å². The van der Waals surface area contributed by atoms with E-state index in [-0.39, 0.29) is 23.3 Å². The second-order valence-corrected chi connectivity index (χ2v) is 7.79. The van der Waals surface area contributed by atoms with Crippen molar-refractivity contribution in [3.8, 4) is 5.75 Å². The summed E-state index contributed by atoms with van der Waals surface area (Å²) in [7, 11) is 0. The first-order chi connectivity index (χ1) is 14.5. The molecule has 1 aromatic heterocycles. The summed E-state index contributed by atoms with van der Waals surface area (Å²) in [5.41, 5.74) is 0.341. The molecule has 30 heavy (non-hydrogen) atoms. The van der Waals surface area contributed by atoms with Crippen LogP contribution in [0.4, 0.5) is 10.1 Å². The van der Waals surface area contributed by atoms with E-state index in [0.717, 1.165) is 6.07 Å². The van der Waals surface area contributed by atoms with Crippen molar-refractivity contribution in [1.29, 1.82) is 0 Å². The van der Waals surface area contributed by atoms with Crippen LogP contribution in [0.2, 0.25) is 10.0 Å². The van der Waals surface area contributed by atoms with E-state index in [9.17, 15) is 9.18 Å². The minimum atomic E-state index is -0.474. The average Bonchev–Trinajstić information content (AvgIpc) is 3.10. The third-order valence-electron chi connectivity index (χ3n) is 3.82. The van der Waals surface area contributed by atoms with Crippen LogP contribution >= 0.6 is 35.0 Å². The van der Waals surface area contributed by atoms with E-state index in [4.69, 9.17) is 27.9 Å². The summed E-state index contributed by atoms with van der Waals surface area (Å²) in [6.45, 7) is 4.40. The number of allylic oxidation sites excluding steroid dienone is 1. The summed E-state index contributed by atoms with van der Waals surface area (Å²) in [5.74, 6) is 0.534. The lowest BCUT2D eigenvalue weighted by Crippen LogP contribution is -2.15. The minimum Gasteiger partial charge on any atom is -0.486 e. The van der Waals surface area contributed by atoms with Crippen LogP contribution in [0.5, 0.6) is 5.75 Å². The van der Waals surface area contributed by atoms with Crippen molar-refractivity contribution in [2.75, 3.05) is 11.1 Å². The molecule has 0 unspecified atom stereocenters. The lowest BCUT2D eigenvalue weighted by atomic mass is 10.3. The molecule has 3 aromatic rings. The van der Waals surface area contributed by atoms with E-state index in [2.05, 4.69) is 22.1 Å². The third kappa shape index (κ3) is 5.98. The van der Waals surface area contributed by atoms with Crippen molar-refractivity contribution >= 4 is 46.6 Å². The second kappa shape index (κ2) is 10.5. The van der Waals surface area contributed by atoms with E-state index in [0.29, 0.717) is 34.0 Å². The topological polar surface area (TPSA) is 69.0 Å². The number of thioether (sulfide) groups is 1. The molecule has 0 aliphatic carbocycles. The maximum absolute atomic E-state index is 13.1. The van der Waals surface area contributed by atoms with Crippen LogP contribution in [0.1, 0.15) is 5.82 Å². The smallest absolute Gasteiger partial charge is 0.234 e. The van der Waals surface area contributed by atoms with Crippen LogP contribution in [0, 0.1) is 5.82 Å². The molecule has 10 heteroatoms. The highest BCUT2D eigenvalue weighted by Crippen LogP contribution is 2.24. The molecule has 0 aliphatic rings. The van der Waals surface area contributed by atoms with Crippen LogP contribution in [-0.2, 0) is 17.9 Å². The number of hydrogen-bond acceptors (Lipinski definition) is 5. The Morgan fingerprint density at radius 3 is 2.70 bits per heavy atom. The van der Waals surface area contributed by atoms with Gasteiger partial charge in [0.25, 0.3) is 0 Å². The maximum atomic E-state index is 13.1. The van der Waals surface area contributed by atoms with Gasteiger partial charge in [-0.2, -0.15) is 0 Å². The van der Waals surface area contributed by atoms with Gasteiger partial charge in [0.05, 0.1) is 16.5 Å². The summed E-state index contributed by atoms with van der Waals surface area (Å²) < 4.78 is 20.7. The molecule has 0 saturated carbocycles. The van der Waals surface area contributed by atoms with Gasteiger partial charge < -0.3 is 10.1 Å². The van der Waals surface area contributed by atoms with Gasteiger partial charge in [-0.3, -0.25) is 9.36 Å². The van der Waals surface area contributed by atoms with Crippen molar-refractivity contribution in [2.45, 2.75) is 18.3 Å². The highest BCUT2D eigenvalue weighted by atomic mass is 35.5. The zero-order valence-electron chi connectivity index (χ0n) is 15.6. The van der Waals surface area contributed by atoms with Gasteiger partial charge in [-0.15, -0.1) is 16.8 Å². The Morgan fingerprint density at radius 2 is 2.00 bits per heavy atom. The monoisotopic (exact) mass is 466 g/mol. The Balaban J connectivity index is 1.61. The first kappa shape index (κ1) is 22.1. The molecule has 6 nitrogen and oxygen atoms in total. The summed E-state index contributed by atoms with van der Waals surface area (Å²) >= 11 is 13.0. The highest BCUT2D eigenvalue weighted by molar-refractivity contribution is 7.99. The molecule has 2 aromatic carbocycles. The van der Waals surface area contributed by atoms with Gasteiger partial charge in [-0.05, 0) is 42.5 Å². The number of amides is 1. The van der Waals surface area contributed by atoms with Crippen LogP contribution < -0.4 is 10.1 Å². The van der Waals surface area contributed by atoms with Gasteiger partial charge in [0.1, 0.15) is 18.2 Å². The van der Waals surface area contributed by atoms with E-state index in [1.807, 2.05) is 4.57 Å². The van der Waals surface area contributed by atoms with Gasteiger partial charge >= 0.3 is 0 Å². The number of carbonyl (C=O) groups excluding carboxylic acids is 1. The lowest BCUT2D eigenvalue weighted by Gasteiger charge is -2.10. The van der Waals surface area contributed by atoms with Crippen molar-refractivity contribution in [3.63, 3.8) is 0 Å². The Bertz CT molecular complexity index is 1040. The predicted molar refractivity (Wildman–Crippen MR) is 117 cm³/mol. The number of halogens is 3. The molecule has 0 atom stereocenters. The van der Waals surface area contributed by atoms with Gasteiger partial charge in [0, 0.05) is 11.6 Å². The highest BCUT2D eigenvalue weighted by Gasteiger charge is 2.15. The number of nitrogens with one attached hydrogen (secondary N) is 1. The number of benzene rings is 2. The maximum Gasteiger partial charge on any atom is 0.234 e. The van der Waals surface area contributed by atoms with Crippen LogP contribution in [0.3, 0.4) is 0 Å². The molecule has 0 radical (unpaired) electrons. The minimum absolute atomic E-state index is 0.0705. The fourth-order valence-corrected chi connectivity index (χ4v) is 3.54. The van der Waals surface area contributed by atoms with Crippen molar-refractivity contribution in [1.82, 2.24) is 14.8 Å². The van der Waals surface area contributed by atoms with Crippen LogP contribution in [-0.4, -0.2) is 26.4 Å². The lowest BCUT2D eigenvalue weighted by molar-refractivity contribution is -0.113. The van der Waals surface area contributed by atoms with E-state index < -0.39 is 5.82 Å². The zero-order valence-corrected chi connectivity index (χ0v) is 18.0. The molecule has 0 aliphatic heterocycles. The van der Waals surface area contributed by atoms with Crippen LogP contribution in [0.15, 0.2) is 60.3 Å². The van der Waals surface area contributed by atoms with Gasteiger partial charge in [0.2, 0.25) is 5.91 Å². The van der Waals surface area contributed by atoms with Gasteiger partial charge in [0.15, 0.2) is 11.0 Å². The average molecular weight is 467 g/mol. The van der Waals surface area contributed by atoms with Crippen molar-refractivity contribution in [2.24, 2.45) is 0 Å². The summed E-state index contributed by atoms with van der Waals surface area (Å²) in [6.07, 6.45) is 1.71. The molecule has 1 N–H and O–H groups in total. The second-order valence-electron chi connectivity index (χ2n) is 6.00. The molecule has 0 fully saturated rings. The Hall–Kier alpha value is -2.55. The summed E-state index contributed by atoms with van der Waals surface area (Å²) in [6, 6.07) is 10.8. The first-order valence-electron chi connectivity index (χ1n) is 8.75. The number of carbonyl (C=O) groups is 1. The molecule has 1 heterocycles. The van der Waals surface area contributed by atoms with E-state index in [1.165, 1.54) is 23.9 Å². The molecular weight excluding hydrogens is 450 g/mol. The number of hydrogen-bond donors (Lipinski definition) is 1. The Morgan fingerprint density at radius 1 is 1.23 bits per heavy atom. The number of anilines is 1. The van der Waals surface area contributed by atoms with E-state index in [1.54, 1.807) is 30.3 Å². The number of ether oxygens (including phenoxy) is 1. The van der Waals surface area contributed by atoms with Crippen LogP contribution in [0.25, 0.3) is 0 Å². The Labute approximate surface area is 187 Å². The molecule has 1 amide bonds. The number of nitrogens with zero attached hydrogens (tertiary/aromatic N) is 3. The Kier molecular flexibility index (Phi) is 7.73. The molecule has 0 spiro atoms. The molecule has 156 valence electrons. The molecule has 0 bridgehead atoms. The predicted octanol–water partition coefficient (Wildman–Crippen LogP) is 5.22. The largest absolute Gasteiger partial charge is 0.486 e. The van der Waals surface area contributed by atoms with Gasteiger partial charge in [-0.25, -0.2) is 4.39 Å². The third-order valence-corrected chi connectivity index (χ3v) is 5.36. The van der Waals surface area contributed by atoms with Gasteiger partial charge in [-0.1, -0.05) is 41.0 Å². The number of rotatable bonds is 9.